The first-order valence-corrected chi connectivity index (χ1v) is 9.22. The molecule has 0 bridgehead atoms. The molecule has 25 heavy (non-hydrogen) atoms. The zero-order chi connectivity index (χ0) is 18.0. The molecule has 2 saturated carbocycles. The van der Waals surface area contributed by atoms with E-state index < -0.39 is 17.7 Å². The van der Waals surface area contributed by atoms with Crippen LogP contribution in [0.5, 0.6) is 0 Å². The van der Waals surface area contributed by atoms with Gasteiger partial charge in [-0.15, -0.1) is 0 Å². The zero-order valence-corrected chi connectivity index (χ0v) is 14.7. The molecule has 2 aliphatic rings. The summed E-state index contributed by atoms with van der Waals surface area (Å²) in [6.07, 6.45) is 5.47. The van der Waals surface area contributed by atoms with Gasteiger partial charge in [-0.05, 0) is 50.2 Å². The van der Waals surface area contributed by atoms with Gasteiger partial charge in [0.2, 0.25) is 5.91 Å². The van der Waals surface area contributed by atoms with Gasteiger partial charge in [0.15, 0.2) is 0 Å². The van der Waals surface area contributed by atoms with E-state index in [0.717, 1.165) is 31.7 Å². The van der Waals surface area contributed by atoms with Crippen molar-refractivity contribution in [1.29, 1.82) is 5.26 Å². The lowest BCUT2D eigenvalue weighted by molar-refractivity contribution is -0.126. The topological polar surface area (TPSA) is 52.9 Å². The van der Waals surface area contributed by atoms with Crippen LogP contribution in [0.3, 0.4) is 0 Å². The number of nitrogens with zero attached hydrogens (tertiary/aromatic N) is 1. The summed E-state index contributed by atoms with van der Waals surface area (Å²) in [6, 6.07) is 3.83. The van der Waals surface area contributed by atoms with Crippen molar-refractivity contribution in [1.82, 2.24) is 5.32 Å². The molecule has 1 amide bonds. The van der Waals surface area contributed by atoms with Crippen molar-refractivity contribution < 1.29 is 13.6 Å². The average molecular weight is 367 g/mol. The fraction of sp³-hybridized carbons (Fsp3) is 0.579. The third-order valence-electron chi connectivity index (χ3n) is 5.55. The highest BCUT2D eigenvalue weighted by atomic mass is 35.5. The zero-order valence-electron chi connectivity index (χ0n) is 13.9. The molecule has 3 nitrogen and oxygen atoms in total. The Hall–Kier alpha value is -1.67. The monoisotopic (exact) mass is 366 g/mol. The molecule has 0 radical (unpaired) electrons. The fourth-order valence-electron chi connectivity index (χ4n) is 4.15. The van der Waals surface area contributed by atoms with Crippen molar-refractivity contribution in [3.05, 3.63) is 34.4 Å². The Morgan fingerprint density at radius 2 is 1.96 bits per heavy atom. The third kappa shape index (κ3) is 3.79. The van der Waals surface area contributed by atoms with Crippen molar-refractivity contribution in [2.24, 2.45) is 17.8 Å². The number of rotatable bonds is 4. The second-order valence-electron chi connectivity index (χ2n) is 7.12. The average Bonchev–Trinajstić information content (AvgIpc) is 3.28. The highest BCUT2D eigenvalue weighted by Crippen LogP contribution is 2.40. The van der Waals surface area contributed by atoms with Gasteiger partial charge in [0.25, 0.3) is 0 Å². The maximum absolute atomic E-state index is 14.5. The molecular weight excluding hydrogens is 346 g/mol. The predicted molar refractivity (Wildman–Crippen MR) is 90.7 cm³/mol. The highest BCUT2D eigenvalue weighted by Gasteiger charge is 2.36. The van der Waals surface area contributed by atoms with Gasteiger partial charge in [-0.3, -0.25) is 4.79 Å². The first-order valence-electron chi connectivity index (χ1n) is 8.84. The number of halogens is 3. The van der Waals surface area contributed by atoms with E-state index in [4.69, 9.17) is 16.9 Å². The molecule has 0 heterocycles. The molecule has 1 aromatic carbocycles. The number of nitriles is 1. The van der Waals surface area contributed by atoms with Gasteiger partial charge in [-0.25, -0.2) is 8.78 Å². The molecule has 2 fully saturated rings. The summed E-state index contributed by atoms with van der Waals surface area (Å²) < 4.78 is 28.9. The Bertz CT molecular complexity index is 697. The molecule has 1 aromatic rings. The van der Waals surface area contributed by atoms with Crippen LogP contribution in [0.25, 0.3) is 0 Å². The van der Waals surface area contributed by atoms with E-state index in [2.05, 4.69) is 11.4 Å². The van der Waals surface area contributed by atoms with Gasteiger partial charge in [-0.2, -0.15) is 5.26 Å². The summed E-state index contributed by atoms with van der Waals surface area (Å²) >= 11 is 5.85. The fourth-order valence-corrected chi connectivity index (χ4v) is 4.32. The maximum atomic E-state index is 14.5. The Kier molecular flexibility index (Phi) is 5.58. The molecule has 0 aromatic heterocycles. The summed E-state index contributed by atoms with van der Waals surface area (Å²) in [5.74, 6) is -2.06. The van der Waals surface area contributed by atoms with Crippen molar-refractivity contribution in [2.45, 2.75) is 51.0 Å². The van der Waals surface area contributed by atoms with Crippen molar-refractivity contribution in [3.63, 3.8) is 0 Å². The van der Waals surface area contributed by atoms with Crippen LogP contribution >= 0.6 is 11.6 Å². The van der Waals surface area contributed by atoms with Gasteiger partial charge >= 0.3 is 0 Å². The van der Waals surface area contributed by atoms with Crippen LogP contribution in [0, 0.1) is 40.7 Å². The quantitative estimate of drug-likeness (QED) is 0.770. The number of carbonyl (C=O) groups excluding carboxylic acids is 1. The summed E-state index contributed by atoms with van der Waals surface area (Å²) in [7, 11) is 0. The number of hydrogen-bond donors (Lipinski definition) is 1. The molecule has 134 valence electrons. The lowest BCUT2D eigenvalue weighted by Crippen LogP contribution is -2.37. The molecule has 6 heteroatoms. The highest BCUT2D eigenvalue weighted by molar-refractivity contribution is 6.30. The molecular formula is C19H21ClF2N2O. The third-order valence-corrected chi connectivity index (χ3v) is 5.84. The van der Waals surface area contributed by atoms with Gasteiger partial charge in [0.05, 0.1) is 17.1 Å². The van der Waals surface area contributed by atoms with E-state index in [9.17, 15) is 13.6 Å². The Balaban J connectivity index is 1.85. The normalized spacial score (nSPS) is 24.9. The minimum Gasteiger partial charge on any atom is -0.349 e. The molecule has 3 unspecified atom stereocenters. The van der Waals surface area contributed by atoms with Crippen molar-refractivity contribution in [2.75, 3.05) is 0 Å². The van der Waals surface area contributed by atoms with Gasteiger partial charge in [0, 0.05) is 17.4 Å². The molecule has 0 saturated heterocycles. The number of nitrogens with one attached hydrogen (secondary N) is 1. The maximum Gasteiger partial charge on any atom is 0.223 e. The summed E-state index contributed by atoms with van der Waals surface area (Å²) in [6.45, 7) is 0. The largest absolute Gasteiger partial charge is 0.349 e. The summed E-state index contributed by atoms with van der Waals surface area (Å²) in [5.41, 5.74) is -0.136. The van der Waals surface area contributed by atoms with Crippen LogP contribution < -0.4 is 5.32 Å². The van der Waals surface area contributed by atoms with E-state index >= 15 is 0 Å². The van der Waals surface area contributed by atoms with Crippen LogP contribution in [-0.4, -0.2) is 5.91 Å². The standard InChI is InChI=1S/C19H21ClF2N2O/c20-14-7-8-15(21)16(17(14)22)18(12-3-1-2-4-12)24-19(25)13-6-5-11(9-13)10-23/h7-8,11-13,18H,1-6,9H2,(H,24,25). The lowest BCUT2D eigenvalue weighted by atomic mass is 9.90. The van der Waals surface area contributed by atoms with Crippen LogP contribution in [0.15, 0.2) is 12.1 Å². The Labute approximate surface area is 151 Å². The smallest absolute Gasteiger partial charge is 0.223 e. The van der Waals surface area contributed by atoms with Crippen molar-refractivity contribution >= 4 is 17.5 Å². The summed E-state index contributed by atoms with van der Waals surface area (Å²) in [5, 5.41) is 11.7. The molecule has 1 N–H and O–H groups in total. The van der Waals surface area contributed by atoms with E-state index in [0.29, 0.717) is 19.3 Å². The second-order valence-corrected chi connectivity index (χ2v) is 7.53. The van der Waals surface area contributed by atoms with Gasteiger partial charge < -0.3 is 5.32 Å². The summed E-state index contributed by atoms with van der Waals surface area (Å²) in [4.78, 5) is 12.7. The first kappa shape index (κ1) is 18.1. The van der Waals surface area contributed by atoms with E-state index in [-0.39, 0.29) is 34.2 Å². The number of amides is 1. The molecule has 0 spiro atoms. The second kappa shape index (κ2) is 7.70. The molecule has 3 atom stereocenters. The van der Waals surface area contributed by atoms with Crippen LogP contribution in [-0.2, 0) is 4.79 Å². The first-order chi connectivity index (χ1) is 12.0. The van der Waals surface area contributed by atoms with Crippen LogP contribution in [0.4, 0.5) is 8.78 Å². The SMILES string of the molecule is N#CC1CCC(C(=O)NC(c2c(F)ccc(Cl)c2F)C2CCCC2)C1. The van der Waals surface area contributed by atoms with E-state index in [1.165, 1.54) is 6.07 Å². The number of benzene rings is 1. The van der Waals surface area contributed by atoms with Crippen LogP contribution in [0.1, 0.15) is 56.6 Å². The minimum atomic E-state index is -0.791. The van der Waals surface area contributed by atoms with Gasteiger partial charge in [-0.1, -0.05) is 24.4 Å². The minimum absolute atomic E-state index is 0.000386. The van der Waals surface area contributed by atoms with E-state index in [1.54, 1.807) is 0 Å². The Morgan fingerprint density at radius 3 is 2.60 bits per heavy atom. The predicted octanol–water partition coefficient (Wildman–Crippen LogP) is 4.91. The van der Waals surface area contributed by atoms with E-state index in [1.807, 2.05) is 0 Å². The molecule has 2 aliphatic carbocycles. The van der Waals surface area contributed by atoms with Crippen molar-refractivity contribution in [3.8, 4) is 6.07 Å². The van der Waals surface area contributed by atoms with Crippen LogP contribution in [0.2, 0.25) is 5.02 Å². The molecule has 3 rings (SSSR count). The Morgan fingerprint density at radius 1 is 1.24 bits per heavy atom. The number of hydrogen-bond acceptors (Lipinski definition) is 2. The lowest BCUT2D eigenvalue weighted by Gasteiger charge is -2.27. The van der Waals surface area contributed by atoms with Gasteiger partial charge in [0.1, 0.15) is 11.6 Å². The molecule has 0 aliphatic heterocycles. The number of carbonyl (C=O) groups is 1.